The summed E-state index contributed by atoms with van der Waals surface area (Å²) in [6, 6.07) is 0. The van der Waals surface area contributed by atoms with Crippen LogP contribution >= 0.6 is 0 Å². The molecule has 0 unspecified atom stereocenters. The van der Waals surface area contributed by atoms with Crippen molar-refractivity contribution in [2.24, 2.45) is 0 Å². The predicted octanol–water partition coefficient (Wildman–Crippen LogP) is 4.87. The van der Waals surface area contributed by atoms with Gasteiger partial charge in [-0.25, -0.2) is 0 Å². The third-order valence-corrected chi connectivity index (χ3v) is 3.19. The molecule has 0 spiro atoms. The van der Waals surface area contributed by atoms with Gasteiger partial charge in [0.1, 0.15) is 0 Å². The Hall–Kier alpha value is -1.41. The van der Waals surface area contributed by atoms with Gasteiger partial charge in [-0.05, 0) is 19.3 Å². The van der Waals surface area contributed by atoms with Crippen LogP contribution in [0.4, 0.5) is 0 Å². The van der Waals surface area contributed by atoms with E-state index in [-0.39, 0.29) is 5.97 Å². The van der Waals surface area contributed by atoms with Gasteiger partial charge >= 0.3 is 5.97 Å². The summed E-state index contributed by atoms with van der Waals surface area (Å²) in [4.78, 5) is 10.9. The molecule has 2 nitrogen and oxygen atoms in total. The maximum absolute atomic E-state index is 10.9. The normalized spacial score (nSPS) is 9.24. The molecule has 0 aliphatic carbocycles. The zero-order valence-electron chi connectivity index (χ0n) is 13.8. The molecule has 0 saturated carbocycles. The molecule has 0 radical (unpaired) electrons. The van der Waals surface area contributed by atoms with Crippen molar-refractivity contribution in [2.75, 3.05) is 7.11 Å². The van der Waals surface area contributed by atoms with E-state index in [1.165, 1.54) is 32.8 Å². The number of rotatable bonds is 10. The van der Waals surface area contributed by atoms with Crippen molar-refractivity contribution in [3.63, 3.8) is 0 Å². The van der Waals surface area contributed by atoms with Crippen molar-refractivity contribution in [1.82, 2.24) is 0 Å². The van der Waals surface area contributed by atoms with Crippen molar-refractivity contribution in [3.05, 3.63) is 0 Å². The number of carbonyl (C=O) groups is 1. The van der Waals surface area contributed by atoms with Gasteiger partial charge in [-0.15, -0.1) is 23.7 Å². The Morgan fingerprint density at radius 3 is 1.81 bits per heavy atom. The molecule has 0 aliphatic rings. The fourth-order valence-electron chi connectivity index (χ4n) is 1.88. The summed E-state index contributed by atoms with van der Waals surface area (Å²) in [7, 11) is 1.43. The summed E-state index contributed by atoms with van der Waals surface area (Å²) in [6.45, 7) is 2.23. The summed E-state index contributed by atoms with van der Waals surface area (Å²) in [5, 5.41) is 0. The first-order valence-corrected chi connectivity index (χ1v) is 8.29. The molecular formula is C19H30O2. The number of esters is 1. The molecule has 0 atom stereocenters. The second-order valence-electron chi connectivity index (χ2n) is 5.15. The highest BCUT2D eigenvalue weighted by atomic mass is 16.5. The molecule has 0 aliphatic heterocycles. The van der Waals surface area contributed by atoms with Crippen molar-refractivity contribution >= 4 is 5.97 Å². The second-order valence-corrected chi connectivity index (χ2v) is 5.15. The molecule has 0 bridgehead atoms. The quantitative estimate of drug-likeness (QED) is 0.326. The number of methoxy groups -OCH3 is 1. The Morgan fingerprint density at radius 1 is 0.762 bits per heavy atom. The number of hydrogen-bond donors (Lipinski definition) is 0. The van der Waals surface area contributed by atoms with E-state index in [1.807, 2.05) is 0 Å². The van der Waals surface area contributed by atoms with Crippen molar-refractivity contribution < 1.29 is 9.53 Å². The van der Waals surface area contributed by atoms with Crippen LogP contribution in [0.3, 0.4) is 0 Å². The predicted molar refractivity (Wildman–Crippen MR) is 88.6 cm³/mol. The average molecular weight is 290 g/mol. The lowest BCUT2D eigenvalue weighted by Crippen LogP contribution is -1.98. The molecule has 21 heavy (non-hydrogen) atoms. The third-order valence-electron chi connectivity index (χ3n) is 3.19. The smallest absolute Gasteiger partial charge is 0.305 e. The van der Waals surface area contributed by atoms with Crippen LogP contribution in [-0.4, -0.2) is 13.1 Å². The molecule has 0 saturated heterocycles. The standard InChI is InChI=1S/C19H30O2/c1-3-4-5-6-7-8-9-10-11-12-13-14-15-16-17-18-19(20)21-2/h3-7,10-11,14-18H2,1-2H3. The third kappa shape index (κ3) is 16.5. The van der Waals surface area contributed by atoms with Gasteiger partial charge in [0.25, 0.3) is 0 Å². The molecule has 0 fully saturated rings. The largest absolute Gasteiger partial charge is 0.469 e. The topological polar surface area (TPSA) is 26.3 Å². The monoisotopic (exact) mass is 290 g/mol. The lowest BCUT2D eigenvalue weighted by molar-refractivity contribution is -0.140. The molecular weight excluding hydrogens is 260 g/mol. The first-order chi connectivity index (χ1) is 10.3. The van der Waals surface area contributed by atoms with Crippen LogP contribution in [0.5, 0.6) is 0 Å². The average Bonchev–Trinajstić information content (AvgIpc) is 2.50. The molecule has 2 heteroatoms. The summed E-state index contributed by atoms with van der Waals surface area (Å²) < 4.78 is 4.59. The van der Waals surface area contributed by atoms with Crippen LogP contribution in [0, 0.1) is 23.7 Å². The minimum atomic E-state index is -0.116. The number of hydrogen-bond acceptors (Lipinski definition) is 2. The highest BCUT2D eigenvalue weighted by Crippen LogP contribution is 2.03. The highest BCUT2D eigenvalue weighted by Gasteiger charge is 1.97. The maximum Gasteiger partial charge on any atom is 0.305 e. The number of carbonyl (C=O) groups excluding carboxylic acids is 1. The van der Waals surface area contributed by atoms with Crippen LogP contribution in [0.2, 0.25) is 0 Å². The Labute approximate surface area is 131 Å². The second kappa shape index (κ2) is 16.6. The highest BCUT2D eigenvalue weighted by molar-refractivity contribution is 5.68. The van der Waals surface area contributed by atoms with Crippen molar-refractivity contribution in [1.29, 1.82) is 0 Å². The van der Waals surface area contributed by atoms with Crippen LogP contribution in [0.25, 0.3) is 0 Å². The van der Waals surface area contributed by atoms with Crippen LogP contribution in [0.1, 0.15) is 84.0 Å². The minimum absolute atomic E-state index is 0.116. The zero-order valence-corrected chi connectivity index (χ0v) is 13.8. The molecule has 0 aromatic carbocycles. The van der Waals surface area contributed by atoms with E-state index in [2.05, 4.69) is 35.3 Å². The maximum atomic E-state index is 10.9. The van der Waals surface area contributed by atoms with Gasteiger partial charge in [0.05, 0.1) is 7.11 Å². The molecule has 0 N–H and O–H groups in total. The fourth-order valence-corrected chi connectivity index (χ4v) is 1.88. The first kappa shape index (κ1) is 19.6. The lowest BCUT2D eigenvalue weighted by Gasteiger charge is -1.97. The SMILES string of the molecule is CCCCCCC#CCCC#CCCCCCC(=O)OC. The molecule has 0 aromatic rings. The molecule has 0 amide bonds. The van der Waals surface area contributed by atoms with Gasteiger partial charge in [0, 0.05) is 32.1 Å². The van der Waals surface area contributed by atoms with E-state index in [4.69, 9.17) is 0 Å². The Balaban J connectivity index is 3.30. The fraction of sp³-hybridized carbons (Fsp3) is 0.737. The Morgan fingerprint density at radius 2 is 1.29 bits per heavy atom. The van der Waals surface area contributed by atoms with E-state index in [0.29, 0.717) is 6.42 Å². The number of ether oxygens (including phenoxy) is 1. The number of unbranched alkanes of at least 4 members (excludes halogenated alkanes) is 8. The Kier molecular flexibility index (Phi) is 15.5. The van der Waals surface area contributed by atoms with E-state index in [1.54, 1.807) is 0 Å². The first-order valence-electron chi connectivity index (χ1n) is 8.29. The van der Waals surface area contributed by atoms with Crippen molar-refractivity contribution in [2.45, 2.75) is 84.0 Å². The Bertz CT molecular complexity index is 362. The van der Waals surface area contributed by atoms with E-state index < -0.39 is 0 Å². The summed E-state index contributed by atoms with van der Waals surface area (Å²) >= 11 is 0. The van der Waals surface area contributed by atoms with Gasteiger partial charge in [0.2, 0.25) is 0 Å². The van der Waals surface area contributed by atoms with Crippen LogP contribution in [-0.2, 0) is 9.53 Å². The van der Waals surface area contributed by atoms with Gasteiger partial charge in [-0.1, -0.05) is 32.6 Å². The van der Waals surface area contributed by atoms with Gasteiger partial charge in [-0.2, -0.15) is 0 Å². The molecule has 118 valence electrons. The summed E-state index contributed by atoms with van der Waals surface area (Å²) in [6.07, 6.45) is 12.4. The molecule has 0 rings (SSSR count). The van der Waals surface area contributed by atoms with Gasteiger partial charge < -0.3 is 4.74 Å². The summed E-state index contributed by atoms with van der Waals surface area (Å²) in [5.74, 6) is 12.6. The van der Waals surface area contributed by atoms with Gasteiger partial charge in [0.15, 0.2) is 0 Å². The van der Waals surface area contributed by atoms with Crippen LogP contribution < -0.4 is 0 Å². The lowest BCUT2D eigenvalue weighted by atomic mass is 10.1. The molecule has 0 aromatic heterocycles. The summed E-state index contributed by atoms with van der Waals surface area (Å²) in [5.41, 5.74) is 0. The molecule has 0 heterocycles. The zero-order chi connectivity index (χ0) is 15.6. The van der Waals surface area contributed by atoms with Crippen LogP contribution in [0.15, 0.2) is 0 Å². The van der Waals surface area contributed by atoms with E-state index >= 15 is 0 Å². The van der Waals surface area contributed by atoms with E-state index in [9.17, 15) is 4.79 Å². The minimum Gasteiger partial charge on any atom is -0.469 e. The van der Waals surface area contributed by atoms with E-state index in [0.717, 1.165) is 44.9 Å². The van der Waals surface area contributed by atoms with Gasteiger partial charge in [-0.3, -0.25) is 4.79 Å². The van der Waals surface area contributed by atoms with Crippen molar-refractivity contribution in [3.8, 4) is 23.7 Å².